The van der Waals surface area contributed by atoms with Crippen LogP contribution in [0.25, 0.3) is 11.7 Å². The van der Waals surface area contributed by atoms with Crippen LogP contribution < -0.4 is 5.32 Å². The third kappa shape index (κ3) is 7.43. The van der Waals surface area contributed by atoms with E-state index in [1.54, 1.807) is 0 Å². The summed E-state index contributed by atoms with van der Waals surface area (Å²) < 4.78 is 2.09. The molecule has 10 heteroatoms. The molecule has 2 atom stereocenters. The molecule has 6 nitrogen and oxygen atoms in total. The fourth-order valence-corrected chi connectivity index (χ4v) is 5.95. The van der Waals surface area contributed by atoms with Crippen LogP contribution in [0.3, 0.4) is 0 Å². The number of nitrogens with zero attached hydrogens (tertiary/aromatic N) is 4. The summed E-state index contributed by atoms with van der Waals surface area (Å²) in [7, 11) is 0. The number of benzene rings is 1. The number of unbranched alkanes of at least 4 members (excludes halogenated alkanes) is 1. The summed E-state index contributed by atoms with van der Waals surface area (Å²) in [6.07, 6.45) is 5.84. The van der Waals surface area contributed by atoms with E-state index in [4.69, 9.17) is 0 Å². The number of amides is 1. The summed E-state index contributed by atoms with van der Waals surface area (Å²) in [5, 5.41) is 4.15. The molecule has 1 N–H and O–H groups in total. The Hall–Kier alpha value is -1.74. The van der Waals surface area contributed by atoms with E-state index in [0.29, 0.717) is 18.6 Å². The first-order chi connectivity index (χ1) is 16.6. The van der Waals surface area contributed by atoms with Crippen LogP contribution >= 0.6 is 49.0 Å². The smallest absolute Gasteiger partial charge is 0.258 e. The van der Waals surface area contributed by atoms with Gasteiger partial charge in [-0.1, -0.05) is 48.2 Å². The minimum Gasteiger partial charge on any atom is -0.352 e. The van der Waals surface area contributed by atoms with Crippen LogP contribution in [0.5, 0.6) is 0 Å². The van der Waals surface area contributed by atoms with Crippen LogP contribution in [-0.2, 0) is 11.3 Å². The van der Waals surface area contributed by atoms with Gasteiger partial charge in [-0.15, -0.1) is 37.2 Å². The zero-order valence-corrected chi connectivity index (χ0v) is 24.5. The molecule has 2 unspecified atom stereocenters. The van der Waals surface area contributed by atoms with Crippen molar-refractivity contribution in [3.05, 3.63) is 70.9 Å². The monoisotopic (exact) mass is 583 g/mol. The maximum Gasteiger partial charge on any atom is 0.258 e. The Morgan fingerprint density at radius 3 is 2.49 bits per heavy atom. The molecule has 3 aromatic rings. The molecule has 1 saturated heterocycles. The molecule has 4 heterocycles. The molecule has 37 heavy (non-hydrogen) atoms. The number of aromatic nitrogens is 2. The summed E-state index contributed by atoms with van der Waals surface area (Å²) in [6, 6.07) is 17.9. The second kappa shape index (κ2) is 14.4. The fraction of sp³-hybridized carbons (Fsp3) is 0.407. The van der Waals surface area contributed by atoms with E-state index in [-0.39, 0.29) is 43.1 Å². The van der Waals surface area contributed by atoms with Gasteiger partial charge in [0.2, 0.25) is 0 Å². The van der Waals surface area contributed by atoms with Crippen molar-refractivity contribution >= 4 is 66.6 Å². The molecule has 2 aliphatic heterocycles. The predicted octanol–water partition coefficient (Wildman–Crippen LogP) is 5.54. The van der Waals surface area contributed by atoms with Crippen molar-refractivity contribution in [1.82, 2.24) is 24.5 Å². The number of pyridine rings is 1. The fourth-order valence-electron chi connectivity index (χ4n) is 4.95. The largest absolute Gasteiger partial charge is 0.352 e. The van der Waals surface area contributed by atoms with Gasteiger partial charge in [0.15, 0.2) is 0 Å². The van der Waals surface area contributed by atoms with Gasteiger partial charge in [-0.3, -0.25) is 19.0 Å². The summed E-state index contributed by atoms with van der Waals surface area (Å²) in [5.74, 6) is 0.00553. The summed E-state index contributed by atoms with van der Waals surface area (Å²) in [5.41, 5.74) is 3.27. The molecule has 0 aliphatic carbocycles. The zero-order chi connectivity index (χ0) is 23.5. The van der Waals surface area contributed by atoms with E-state index < -0.39 is 0 Å². The highest BCUT2D eigenvalue weighted by atomic mass is 35.5. The molecule has 202 valence electrons. The van der Waals surface area contributed by atoms with Crippen molar-refractivity contribution < 1.29 is 4.79 Å². The van der Waals surface area contributed by atoms with Crippen molar-refractivity contribution in [1.29, 1.82) is 0 Å². The van der Waals surface area contributed by atoms with Crippen LogP contribution in [0.15, 0.2) is 64.7 Å². The minimum absolute atomic E-state index is 0. The van der Waals surface area contributed by atoms with Crippen molar-refractivity contribution in [2.75, 3.05) is 26.2 Å². The van der Waals surface area contributed by atoms with Gasteiger partial charge >= 0.3 is 0 Å². The number of hydrogen-bond donors (Lipinski definition) is 1. The molecular weight excluding hydrogens is 549 g/mol. The Bertz CT molecular complexity index is 1190. The second-order valence-corrected chi connectivity index (χ2v) is 10.5. The van der Waals surface area contributed by atoms with Crippen molar-refractivity contribution in [2.24, 2.45) is 0 Å². The van der Waals surface area contributed by atoms with Gasteiger partial charge < -0.3 is 5.32 Å². The second-order valence-electron chi connectivity index (χ2n) is 9.42. The highest BCUT2D eigenvalue weighted by molar-refractivity contribution is 8.04. The van der Waals surface area contributed by atoms with Crippen molar-refractivity contribution in [2.45, 2.75) is 50.3 Å². The lowest BCUT2D eigenvalue weighted by molar-refractivity contribution is -0.116. The first-order valence-electron chi connectivity index (χ1n) is 12.2. The van der Waals surface area contributed by atoms with Gasteiger partial charge in [0, 0.05) is 38.3 Å². The molecule has 0 saturated carbocycles. The first kappa shape index (κ1) is 31.5. The third-order valence-electron chi connectivity index (χ3n) is 6.87. The number of imidazole rings is 1. The standard InChI is InChI=1S/C27H33N5OS.3ClH/c1-20-18-31(19-22-9-4-3-5-10-22)21(2)17-30(20)14-7-6-13-28-27(33)24-15-23-16-29-25-11-8-12-26(34-24)32(23)25;;;/h3-5,8-12,15-16,20-21H,6-7,13-14,17-19H2,1-2H3,(H,28,33);3*1H. The molecule has 1 aromatic carbocycles. The SMILES string of the molecule is CC1CN(Cc2ccccc2)C(C)CN1CCCCNC(=O)C1=Cc2cnc3cccc(n23)S1.Cl.Cl.Cl. The molecule has 1 fully saturated rings. The average Bonchev–Trinajstić information content (AvgIpc) is 3.27. The predicted molar refractivity (Wildman–Crippen MR) is 160 cm³/mol. The highest BCUT2D eigenvalue weighted by Crippen LogP contribution is 2.34. The van der Waals surface area contributed by atoms with Gasteiger partial charge in [0.1, 0.15) is 5.65 Å². The maximum atomic E-state index is 12.7. The van der Waals surface area contributed by atoms with E-state index in [0.717, 1.165) is 60.3 Å². The lowest BCUT2D eigenvalue weighted by Crippen LogP contribution is -2.56. The number of nitrogens with one attached hydrogen (secondary N) is 1. The average molecular weight is 585 g/mol. The van der Waals surface area contributed by atoms with Gasteiger partial charge in [-0.05, 0) is 57.0 Å². The number of thioether (sulfide) groups is 1. The molecule has 2 aliphatic rings. The Morgan fingerprint density at radius 2 is 1.70 bits per heavy atom. The summed E-state index contributed by atoms with van der Waals surface area (Å²) in [4.78, 5) is 23.1. The topological polar surface area (TPSA) is 52.9 Å². The number of rotatable bonds is 8. The van der Waals surface area contributed by atoms with Crippen molar-refractivity contribution in [3.63, 3.8) is 0 Å². The lowest BCUT2D eigenvalue weighted by Gasteiger charge is -2.44. The van der Waals surface area contributed by atoms with Crippen LogP contribution in [0.2, 0.25) is 0 Å². The van der Waals surface area contributed by atoms with E-state index in [1.165, 1.54) is 17.3 Å². The zero-order valence-electron chi connectivity index (χ0n) is 21.2. The first-order valence-corrected chi connectivity index (χ1v) is 13.1. The van der Waals surface area contributed by atoms with Gasteiger partial charge in [0.05, 0.1) is 21.8 Å². The van der Waals surface area contributed by atoms with Crippen molar-refractivity contribution in [3.8, 4) is 0 Å². The third-order valence-corrected chi connectivity index (χ3v) is 7.92. The Balaban J connectivity index is 0.00000160. The number of carbonyl (C=O) groups excluding carboxylic acids is 1. The molecule has 0 spiro atoms. The van der Waals surface area contributed by atoms with E-state index in [2.05, 4.69) is 68.7 Å². The normalized spacial score (nSPS) is 19.2. The highest BCUT2D eigenvalue weighted by Gasteiger charge is 2.28. The Kier molecular flexibility index (Phi) is 12.3. The molecule has 0 radical (unpaired) electrons. The van der Waals surface area contributed by atoms with E-state index in [1.807, 2.05) is 30.5 Å². The lowest BCUT2D eigenvalue weighted by atomic mass is 10.1. The number of carbonyl (C=O) groups is 1. The maximum absolute atomic E-state index is 12.7. The van der Waals surface area contributed by atoms with Gasteiger partial charge in [-0.2, -0.15) is 0 Å². The van der Waals surface area contributed by atoms with Crippen LogP contribution in [-0.4, -0.2) is 63.4 Å². The number of piperazine rings is 1. The molecule has 0 bridgehead atoms. The molecule has 2 aromatic heterocycles. The Labute approximate surface area is 242 Å². The quantitative estimate of drug-likeness (QED) is 0.353. The number of halogens is 3. The van der Waals surface area contributed by atoms with Crippen LogP contribution in [0.1, 0.15) is 37.9 Å². The van der Waals surface area contributed by atoms with E-state index in [9.17, 15) is 4.79 Å². The summed E-state index contributed by atoms with van der Waals surface area (Å²) >= 11 is 1.51. The molecular formula is C27H36Cl3N5OS. The van der Waals surface area contributed by atoms with Crippen LogP contribution in [0, 0.1) is 0 Å². The minimum atomic E-state index is 0. The summed E-state index contributed by atoms with van der Waals surface area (Å²) in [6.45, 7) is 9.69. The number of hydrogen-bond acceptors (Lipinski definition) is 5. The van der Waals surface area contributed by atoms with Gasteiger partial charge in [0.25, 0.3) is 5.91 Å². The van der Waals surface area contributed by atoms with E-state index >= 15 is 0 Å². The molecule has 5 rings (SSSR count). The van der Waals surface area contributed by atoms with Gasteiger partial charge in [-0.25, -0.2) is 4.98 Å². The van der Waals surface area contributed by atoms with Crippen LogP contribution in [0.4, 0.5) is 0 Å². The Morgan fingerprint density at radius 1 is 0.973 bits per heavy atom. The molecule has 1 amide bonds.